The zero-order valence-corrected chi connectivity index (χ0v) is 4.72. The molecule has 0 aliphatic carbocycles. The Balaban J connectivity index is 3.87. The van der Waals surface area contributed by atoms with Crippen molar-refractivity contribution in [3.63, 3.8) is 0 Å². The van der Waals surface area contributed by atoms with Crippen molar-refractivity contribution in [2.45, 2.75) is 12.5 Å². The molecule has 0 atom stereocenters. The number of rotatable bonds is 2. The Hall–Kier alpha value is -0.555. The van der Waals surface area contributed by atoms with Gasteiger partial charge < -0.3 is 10.0 Å². The van der Waals surface area contributed by atoms with E-state index in [1.807, 2.05) is 0 Å². The largest absolute Gasteiger partial charge is 0.459 e. The second-order valence-corrected chi connectivity index (χ2v) is 1.61. The van der Waals surface area contributed by atoms with Crippen LogP contribution in [-0.2, 0) is 4.79 Å². The summed E-state index contributed by atoms with van der Waals surface area (Å²) >= 11 is 0. The van der Waals surface area contributed by atoms with Crippen LogP contribution in [0.4, 0.5) is 13.2 Å². The lowest BCUT2D eigenvalue weighted by atomic mass is 9.84. The molecule has 0 aromatic heterocycles. The minimum atomic E-state index is -4.97. The van der Waals surface area contributed by atoms with Gasteiger partial charge in [-0.25, -0.2) is 0 Å². The third-order valence-electron chi connectivity index (χ3n) is 0.684. The lowest BCUT2D eigenvalue weighted by Gasteiger charge is -2.02. The fraction of sp³-hybridized carbons (Fsp3) is 0.667. The van der Waals surface area contributed by atoms with E-state index in [0.29, 0.717) is 0 Å². The molecular weight excluding hydrogens is 152 g/mol. The Labute approximate surface area is 54.6 Å². The van der Waals surface area contributed by atoms with E-state index in [2.05, 4.69) is 0 Å². The SMILES string of the molecule is O=C(CB(O)O)C(F)(F)F. The van der Waals surface area contributed by atoms with Crippen molar-refractivity contribution in [3.05, 3.63) is 0 Å². The summed E-state index contributed by atoms with van der Waals surface area (Å²) in [5.41, 5.74) is 0. The molecular formula is C3H4BF3O3. The molecule has 0 heterocycles. The van der Waals surface area contributed by atoms with Gasteiger partial charge in [0.25, 0.3) is 0 Å². The number of carbonyl (C=O) groups excluding carboxylic acids is 1. The summed E-state index contributed by atoms with van der Waals surface area (Å²) in [5, 5.41) is 15.8. The lowest BCUT2D eigenvalue weighted by molar-refractivity contribution is -0.168. The maximum absolute atomic E-state index is 11.2. The predicted molar refractivity (Wildman–Crippen MR) is 26.1 cm³/mol. The molecule has 0 amide bonds. The van der Waals surface area contributed by atoms with Crippen molar-refractivity contribution in [2.75, 3.05) is 0 Å². The van der Waals surface area contributed by atoms with Gasteiger partial charge in [-0.2, -0.15) is 13.2 Å². The summed E-state index contributed by atoms with van der Waals surface area (Å²) in [6.07, 6.45) is -6.27. The molecule has 3 nitrogen and oxygen atoms in total. The Morgan fingerprint density at radius 2 is 1.80 bits per heavy atom. The molecule has 0 fully saturated rings. The number of hydrogen-bond acceptors (Lipinski definition) is 3. The first-order valence-electron chi connectivity index (χ1n) is 2.30. The normalized spacial score (nSPS) is 11.3. The highest BCUT2D eigenvalue weighted by atomic mass is 19.4. The summed E-state index contributed by atoms with van der Waals surface area (Å²) in [4.78, 5) is 9.83. The highest BCUT2D eigenvalue weighted by Crippen LogP contribution is 2.18. The molecule has 0 unspecified atom stereocenters. The molecule has 0 radical (unpaired) electrons. The van der Waals surface area contributed by atoms with Crippen molar-refractivity contribution >= 4 is 12.9 Å². The molecule has 0 aliphatic heterocycles. The molecule has 10 heavy (non-hydrogen) atoms. The highest BCUT2D eigenvalue weighted by molar-refractivity contribution is 6.46. The van der Waals surface area contributed by atoms with Gasteiger partial charge in [0.2, 0.25) is 5.78 Å². The molecule has 0 aromatic carbocycles. The first-order chi connectivity index (χ1) is 4.34. The molecule has 0 bridgehead atoms. The Morgan fingerprint density at radius 3 is 1.90 bits per heavy atom. The van der Waals surface area contributed by atoms with Crippen molar-refractivity contribution in [1.29, 1.82) is 0 Å². The molecule has 7 heteroatoms. The van der Waals surface area contributed by atoms with Crippen LogP contribution in [0.25, 0.3) is 0 Å². The van der Waals surface area contributed by atoms with E-state index in [9.17, 15) is 18.0 Å². The second-order valence-electron chi connectivity index (χ2n) is 1.61. The van der Waals surface area contributed by atoms with Gasteiger partial charge in [-0.1, -0.05) is 0 Å². The third kappa shape index (κ3) is 3.47. The van der Waals surface area contributed by atoms with E-state index in [1.165, 1.54) is 0 Å². The second kappa shape index (κ2) is 3.02. The van der Waals surface area contributed by atoms with Crippen LogP contribution in [0.3, 0.4) is 0 Å². The van der Waals surface area contributed by atoms with Gasteiger partial charge in [0.15, 0.2) is 0 Å². The van der Waals surface area contributed by atoms with Crippen LogP contribution in [0.5, 0.6) is 0 Å². The standard InChI is InChI=1S/C3H4BF3O3/c5-3(6,7)2(8)1-4(9)10/h9-10H,1H2. The van der Waals surface area contributed by atoms with E-state index in [1.54, 1.807) is 0 Å². The van der Waals surface area contributed by atoms with Crippen molar-refractivity contribution in [3.8, 4) is 0 Å². The number of halogens is 3. The zero-order valence-electron chi connectivity index (χ0n) is 4.72. The van der Waals surface area contributed by atoms with E-state index in [4.69, 9.17) is 10.0 Å². The van der Waals surface area contributed by atoms with E-state index >= 15 is 0 Å². The lowest BCUT2D eigenvalue weighted by Crippen LogP contribution is -2.28. The molecule has 2 N–H and O–H groups in total. The van der Waals surface area contributed by atoms with E-state index in [-0.39, 0.29) is 0 Å². The van der Waals surface area contributed by atoms with Crippen LogP contribution >= 0.6 is 0 Å². The van der Waals surface area contributed by atoms with Crippen LogP contribution in [-0.4, -0.2) is 29.1 Å². The monoisotopic (exact) mass is 156 g/mol. The summed E-state index contributed by atoms with van der Waals surface area (Å²) in [6, 6.07) is 0. The molecule has 0 rings (SSSR count). The van der Waals surface area contributed by atoms with Crippen molar-refractivity contribution in [2.24, 2.45) is 0 Å². The Kier molecular flexibility index (Phi) is 2.85. The zero-order chi connectivity index (χ0) is 8.36. The number of carbonyl (C=O) groups is 1. The van der Waals surface area contributed by atoms with Gasteiger partial charge in [0, 0.05) is 0 Å². The van der Waals surface area contributed by atoms with Gasteiger partial charge in [-0.3, -0.25) is 4.79 Å². The predicted octanol–water partition coefficient (Wildman–Crippen LogP) is -0.409. The van der Waals surface area contributed by atoms with Gasteiger partial charge in [-0.15, -0.1) is 0 Å². The molecule has 0 saturated carbocycles. The van der Waals surface area contributed by atoms with Crippen LogP contribution in [0.2, 0.25) is 6.32 Å². The maximum atomic E-state index is 11.2. The molecule has 0 saturated heterocycles. The van der Waals surface area contributed by atoms with E-state index in [0.717, 1.165) is 0 Å². The maximum Gasteiger partial charge on any atom is 0.459 e. The Bertz CT molecular complexity index is 131. The van der Waals surface area contributed by atoms with Gasteiger partial charge in [0.1, 0.15) is 0 Å². The average molecular weight is 156 g/mol. The fourth-order valence-electron chi connectivity index (χ4n) is 0.282. The minimum absolute atomic E-state index is 1.30. The summed E-state index contributed by atoms with van der Waals surface area (Å²) in [5.74, 6) is -2.14. The quantitative estimate of drug-likeness (QED) is 0.534. The molecule has 0 aliphatic rings. The minimum Gasteiger partial charge on any atom is -0.427 e. The summed E-state index contributed by atoms with van der Waals surface area (Å²) in [6.45, 7) is 0. The van der Waals surface area contributed by atoms with Crippen LogP contribution in [0, 0.1) is 0 Å². The topological polar surface area (TPSA) is 57.5 Å². The third-order valence-corrected chi connectivity index (χ3v) is 0.684. The van der Waals surface area contributed by atoms with E-state index < -0.39 is 25.4 Å². The van der Waals surface area contributed by atoms with Crippen molar-refractivity contribution < 1.29 is 28.0 Å². The van der Waals surface area contributed by atoms with Gasteiger partial charge in [0.05, 0.1) is 6.32 Å². The fourth-order valence-corrected chi connectivity index (χ4v) is 0.282. The molecule has 58 valence electrons. The number of Topliss-reactive ketones (excluding diaryl/α,β-unsaturated/α-hetero) is 1. The van der Waals surface area contributed by atoms with Crippen molar-refractivity contribution in [1.82, 2.24) is 0 Å². The van der Waals surface area contributed by atoms with Crippen LogP contribution in [0.15, 0.2) is 0 Å². The smallest absolute Gasteiger partial charge is 0.427 e. The summed E-state index contributed by atoms with van der Waals surface area (Å²) < 4.78 is 33.7. The van der Waals surface area contributed by atoms with Crippen LogP contribution < -0.4 is 0 Å². The first kappa shape index (κ1) is 9.44. The van der Waals surface area contributed by atoms with Crippen LogP contribution in [0.1, 0.15) is 0 Å². The molecule has 0 aromatic rings. The molecule has 0 spiro atoms. The average Bonchev–Trinajstić information content (AvgIpc) is 1.60. The number of hydrogen-bond donors (Lipinski definition) is 2. The van der Waals surface area contributed by atoms with Gasteiger partial charge in [-0.05, 0) is 0 Å². The number of alkyl halides is 3. The van der Waals surface area contributed by atoms with Gasteiger partial charge >= 0.3 is 13.3 Å². The number of ketones is 1. The summed E-state index contributed by atoms with van der Waals surface area (Å²) in [7, 11) is -2.23. The Morgan fingerprint density at radius 1 is 1.40 bits per heavy atom. The first-order valence-corrected chi connectivity index (χ1v) is 2.30. The highest BCUT2D eigenvalue weighted by Gasteiger charge is 2.39.